The van der Waals surface area contributed by atoms with Crippen molar-refractivity contribution in [1.29, 1.82) is 0 Å². The molecule has 1 aromatic heterocycles. The second-order valence-corrected chi connectivity index (χ2v) is 11.2. The number of anilines is 1. The number of rotatable bonds is 9. The van der Waals surface area contributed by atoms with Crippen molar-refractivity contribution in [1.82, 2.24) is 19.7 Å². The molecule has 11 nitrogen and oxygen atoms in total. The minimum atomic E-state index is -0.677. The molecule has 6 N–H and O–H groups in total. The number of piperidine rings is 1. The highest BCUT2D eigenvalue weighted by Gasteiger charge is 2.34. The van der Waals surface area contributed by atoms with Crippen molar-refractivity contribution >= 4 is 51.9 Å². The van der Waals surface area contributed by atoms with E-state index in [-0.39, 0.29) is 59.8 Å². The standard InChI is InChI=1S/C29H33ClFN7O4/c30-23-5-1-3-17(27(23)31)12-34-25(39)15-38(20-7-8-20)26(40)16-37-14-22(28(33)41)21-11-19(6-9-24(21)37)35-29(42)36-10-2-4-18(32)13-36/h1,3,5-6,9,11,14,18,20H,2,4,7-8,10,12-13,15-16,32H2,(H2,33,41)(H,34,39)(H,35,42)/t18-/m1/s1. The van der Waals surface area contributed by atoms with Crippen LogP contribution < -0.4 is 22.1 Å². The molecule has 0 unspecified atom stereocenters. The highest BCUT2D eigenvalue weighted by Crippen LogP contribution is 2.29. The Balaban J connectivity index is 1.28. The number of fused-ring (bicyclic) bond motifs is 1. The van der Waals surface area contributed by atoms with Gasteiger partial charge in [0.05, 0.1) is 17.1 Å². The van der Waals surface area contributed by atoms with Gasteiger partial charge in [0, 0.05) is 60.1 Å². The molecule has 2 aromatic carbocycles. The third-order valence-electron chi connectivity index (χ3n) is 7.58. The third-order valence-corrected chi connectivity index (χ3v) is 7.87. The number of halogens is 2. The number of nitrogens with one attached hydrogen (secondary N) is 2. The van der Waals surface area contributed by atoms with E-state index in [4.69, 9.17) is 23.1 Å². The van der Waals surface area contributed by atoms with Gasteiger partial charge in [-0.25, -0.2) is 9.18 Å². The first kappa shape index (κ1) is 29.3. The van der Waals surface area contributed by atoms with Crippen LogP contribution in [0.15, 0.2) is 42.6 Å². The van der Waals surface area contributed by atoms with Crippen molar-refractivity contribution in [3.8, 4) is 0 Å². The van der Waals surface area contributed by atoms with Gasteiger partial charge in [-0.1, -0.05) is 23.7 Å². The number of amides is 5. The fraction of sp³-hybridized carbons (Fsp3) is 0.379. The Hall–Kier alpha value is -4.16. The number of primary amides is 1. The van der Waals surface area contributed by atoms with Crippen LogP contribution in [0.5, 0.6) is 0 Å². The van der Waals surface area contributed by atoms with Gasteiger partial charge < -0.3 is 36.5 Å². The van der Waals surface area contributed by atoms with Gasteiger partial charge in [0.1, 0.15) is 12.4 Å². The normalized spacial score (nSPS) is 16.7. The summed E-state index contributed by atoms with van der Waals surface area (Å²) in [6.07, 6.45) is 4.75. The molecule has 3 aromatic rings. The van der Waals surface area contributed by atoms with Gasteiger partial charge in [-0.05, 0) is 49.9 Å². The SMILES string of the molecule is NC(=O)c1cn(CC(=O)N(CC(=O)NCc2cccc(Cl)c2F)C2CC2)c2ccc(NC(=O)N3CCC[C@@H](N)C3)cc12. The van der Waals surface area contributed by atoms with E-state index in [1.807, 2.05) is 0 Å². The first-order valence-corrected chi connectivity index (χ1v) is 14.2. The number of aromatic nitrogens is 1. The Kier molecular flexibility index (Phi) is 8.64. The maximum atomic E-state index is 14.2. The molecular formula is C29H33ClFN7O4. The molecule has 5 rings (SSSR count). The molecule has 13 heteroatoms. The van der Waals surface area contributed by atoms with Gasteiger partial charge in [-0.2, -0.15) is 0 Å². The van der Waals surface area contributed by atoms with E-state index in [1.165, 1.54) is 23.2 Å². The number of urea groups is 1. The zero-order chi connectivity index (χ0) is 30.0. The van der Waals surface area contributed by atoms with E-state index in [0.717, 1.165) is 25.7 Å². The molecule has 0 spiro atoms. The predicted molar refractivity (Wildman–Crippen MR) is 156 cm³/mol. The first-order valence-electron chi connectivity index (χ1n) is 13.8. The van der Waals surface area contributed by atoms with Gasteiger partial charge >= 0.3 is 6.03 Å². The molecule has 1 aliphatic carbocycles. The van der Waals surface area contributed by atoms with Crippen LogP contribution in [0.3, 0.4) is 0 Å². The maximum Gasteiger partial charge on any atom is 0.321 e. The Bertz CT molecular complexity index is 1540. The minimum absolute atomic E-state index is 0.0351. The van der Waals surface area contributed by atoms with Crippen molar-refractivity contribution in [2.75, 3.05) is 25.0 Å². The lowest BCUT2D eigenvalue weighted by Crippen LogP contribution is -2.47. The second-order valence-electron chi connectivity index (χ2n) is 10.8. The lowest BCUT2D eigenvalue weighted by atomic mass is 10.1. The van der Waals surface area contributed by atoms with Crippen LogP contribution in [-0.4, -0.2) is 69.8 Å². The highest BCUT2D eigenvalue weighted by atomic mass is 35.5. The summed E-state index contributed by atoms with van der Waals surface area (Å²) in [5.41, 5.74) is 13.1. The zero-order valence-electron chi connectivity index (χ0n) is 22.9. The number of benzene rings is 2. The Morgan fingerprint density at radius 1 is 1.12 bits per heavy atom. The fourth-order valence-corrected chi connectivity index (χ4v) is 5.43. The average Bonchev–Trinajstić information content (AvgIpc) is 3.74. The van der Waals surface area contributed by atoms with Crippen molar-refractivity contribution in [3.63, 3.8) is 0 Å². The van der Waals surface area contributed by atoms with E-state index >= 15 is 0 Å². The largest absolute Gasteiger partial charge is 0.366 e. The monoisotopic (exact) mass is 597 g/mol. The van der Waals surface area contributed by atoms with Gasteiger partial charge in [0.2, 0.25) is 11.8 Å². The van der Waals surface area contributed by atoms with Crippen molar-refractivity contribution < 1.29 is 23.6 Å². The van der Waals surface area contributed by atoms with Crippen LogP contribution in [0.4, 0.5) is 14.9 Å². The van der Waals surface area contributed by atoms with Gasteiger partial charge in [0.25, 0.3) is 5.91 Å². The molecule has 0 radical (unpaired) electrons. The second kappa shape index (κ2) is 12.4. The Morgan fingerprint density at radius 3 is 2.62 bits per heavy atom. The zero-order valence-corrected chi connectivity index (χ0v) is 23.7. The van der Waals surface area contributed by atoms with Crippen LogP contribution in [-0.2, 0) is 22.7 Å². The summed E-state index contributed by atoms with van der Waals surface area (Å²) < 4.78 is 15.8. The number of nitrogens with zero attached hydrogens (tertiary/aromatic N) is 3. The molecule has 5 amide bonds. The first-order chi connectivity index (χ1) is 20.1. The van der Waals surface area contributed by atoms with Crippen molar-refractivity contribution in [2.45, 2.75) is 50.9 Å². The smallest absolute Gasteiger partial charge is 0.321 e. The lowest BCUT2D eigenvalue weighted by molar-refractivity contribution is -0.137. The number of nitrogens with two attached hydrogens (primary N) is 2. The van der Waals surface area contributed by atoms with E-state index in [2.05, 4.69) is 10.6 Å². The minimum Gasteiger partial charge on any atom is -0.366 e. The van der Waals surface area contributed by atoms with Gasteiger partial charge in [-0.15, -0.1) is 0 Å². The topological polar surface area (TPSA) is 156 Å². The summed E-state index contributed by atoms with van der Waals surface area (Å²) in [6.45, 7) is 0.690. The highest BCUT2D eigenvalue weighted by molar-refractivity contribution is 6.30. The summed E-state index contributed by atoms with van der Waals surface area (Å²) in [5, 5.41) is 5.96. The van der Waals surface area contributed by atoms with E-state index < -0.39 is 17.6 Å². The van der Waals surface area contributed by atoms with E-state index in [9.17, 15) is 23.6 Å². The summed E-state index contributed by atoms with van der Waals surface area (Å²) in [6, 6.07) is 9.18. The average molecular weight is 598 g/mol. The Morgan fingerprint density at radius 2 is 1.90 bits per heavy atom. The van der Waals surface area contributed by atoms with Crippen LogP contribution >= 0.6 is 11.6 Å². The van der Waals surface area contributed by atoms with E-state index in [0.29, 0.717) is 29.7 Å². The molecule has 42 heavy (non-hydrogen) atoms. The quantitative estimate of drug-likeness (QED) is 0.298. The number of carbonyl (C=O) groups is 4. The van der Waals surface area contributed by atoms with Crippen LogP contribution in [0.25, 0.3) is 10.9 Å². The number of likely N-dealkylation sites (tertiary alicyclic amines) is 1. The van der Waals surface area contributed by atoms with E-state index in [1.54, 1.807) is 33.7 Å². The Labute approximate surface area is 246 Å². The molecule has 1 saturated heterocycles. The van der Waals surface area contributed by atoms with Crippen LogP contribution in [0.1, 0.15) is 41.6 Å². The van der Waals surface area contributed by atoms with Crippen LogP contribution in [0, 0.1) is 5.82 Å². The lowest BCUT2D eigenvalue weighted by Gasteiger charge is -2.30. The summed E-state index contributed by atoms with van der Waals surface area (Å²) >= 11 is 5.82. The maximum absolute atomic E-state index is 14.2. The van der Waals surface area contributed by atoms with Gasteiger partial charge in [0.15, 0.2) is 0 Å². The predicted octanol–water partition coefficient (Wildman–Crippen LogP) is 2.80. The van der Waals surface area contributed by atoms with Crippen LogP contribution in [0.2, 0.25) is 5.02 Å². The summed E-state index contributed by atoms with van der Waals surface area (Å²) in [7, 11) is 0. The number of hydrogen-bond acceptors (Lipinski definition) is 5. The molecule has 1 aliphatic heterocycles. The molecule has 2 fully saturated rings. The molecule has 1 saturated carbocycles. The number of carbonyl (C=O) groups excluding carboxylic acids is 4. The van der Waals surface area contributed by atoms with Gasteiger partial charge in [-0.3, -0.25) is 14.4 Å². The summed E-state index contributed by atoms with van der Waals surface area (Å²) in [5.74, 6) is -2.02. The molecule has 2 heterocycles. The molecule has 0 bridgehead atoms. The summed E-state index contributed by atoms with van der Waals surface area (Å²) in [4.78, 5) is 54.3. The third kappa shape index (κ3) is 6.66. The van der Waals surface area contributed by atoms with Crippen molar-refractivity contribution in [3.05, 3.63) is 64.6 Å². The molecule has 222 valence electrons. The molecule has 1 atom stereocenters. The molecular weight excluding hydrogens is 565 g/mol. The molecule has 2 aliphatic rings. The number of hydrogen-bond donors (Lipinski definition) is 4. The van der Waals surface area contributed by atoms with Crippen molar-refractivity contribution in [2.24, 2.45) is 11.5 Å². The fourth-order valence-electron chi connectivity index (χ4n) is 5.23.